The molecule has 0 saturated carbocycles. The van der Waals surface area contributed by atoms with Crippen molar-refractivity contribution in [3.05, 3.63) is 53.0 Å². The maximum absolute atomic E-state index is 14.5. The molecule has 0 bridgehead atoms. The average Bonchev–Trinajstić information content (AvgIpc) is 3.26. The van der Waals surface area contributed by atoms with E-state index < -0.39 is 0 Å². The Labute approximate surface area is 194 Å². The summed E-state index contributed by atoms with van der Waals surface area (Å²) in [5, 5.41) is 4.55. The molecule has 0 unspecified atom stereocenters. The number of hydrogen-bond acceptors (Lipinski definition) is 8. The van der Waals surface area contributed by atoms with E-state index in [-0.39, 0.29) is 5.82 Å². The molecule has 0 aliphatic carbocycles. The molecule has 2 aromatic heterocycles. The summed E-state index contributed by atoms with van der Waals surface area (Å²) in [7, 11) is 0. The highest BCUT2D eigenvalue weighted by Gasteiger charge is 2.16. The Morgan fingerprint density at radius 1 is 1.21 bits per heavy atom. The predicted molar refractivity (Wildman–Crippen MR) is 130 cm³/mol. The van der Waals surface area contributed by atoms with E-state index >= 15 is 0 Å². The first-order chi connectivity index (χ1) is 16.1. The second-order valence-electron chi connectivity index (χ2n) is 7.88. The van der Waals surface area contributed by atoms with Crippen LogP contribution in [0.3, 0.4) is 0 Å². The molecule has 0 amide bonds. The number of thiazole rings is 1. The van der Waals surface area contributed by atoms with Gasteiger partial charge in [0.25, 0.3) is 0 Å². The summed E-state index contributed by atoms with van der Waals surface area (Å²) in [6, 6.07) is 8.83. The third-order valence-corrected chi connectivity index (χ3v) is 6.67. The van der Waals surface area contributed by atoms with Gasteiger partial charge in [0.05, 0.1) is 46.6 Å². The first kappa shape index (κ1) is 21.6. The molecule has 2 aromatic carbocycles. The minimum atomic E-state index is -0.337. The summed E-state index contributed by atoms with van der Waals surface area (Å²) in [6.45, 7) is 6.64. The van der Waals surface area contributed by atoms with Gasteiger partial charge >= 0.3 is 0 Å². The molecule has 0 radical (unpaired) electrons. The van der Waals surface area contributed by atoms with Gasteiger partial charge in [-0.05, 0) is 36.8 Å². The largest absolute Gasteiger partial charge is 0.381 e. The molecule has 0 spiro atoms. The summed E-state index contributed by atoms with van der Waals surface area (Å²) in [5.74, 6) is 0.593. The molecule has 4 aromatic rings. The number of fused-ring (bicyclic) bond motifs is 3. The fourth-order valence-electron chi connectivity index (χ4n) is 3.79. The van der Waals surface area contributed by atoms with Gasteiger partial charge in [-0.2, -0.15) is 0 Å². The number of morpholine rings is 1. The number of amidine groups is 1. The topological polar surface area (TPSA) is 102 Å². The van der Waals surface area contributed by atoms with Crippen LogP contribution in [0.5, 0.6) is 0 Å². The van der Waals surface area contributed by atoms with Gasteiger partial charge in [-0.3, -0.25) is 9.89 Å². The molecule has 10 heteroatoms. The van der Waals surface area contributed by atoms with Crippen molar-refractivity contribution in [2.24, 2.45) is 10.7 Å². The minimum absolute atomic E-state index is 0.337. The smallest absolute Gasteiger partial charge is 0.159 e. The number of nitrogens with one attached hydrogen (secondary N) is 1. The maximum atomic E-state index is 14.5. The number of aryl methyl sites for hydroxylation is 1. The lowest BCUT2D eigenvalue weighted by Crippen LogP contribution is -2.38. The van der Waals surface area contributed by atoms with Crippen LogP contribution >= 0.6 is 11.3 Å². The van der Waals surface area contributed by atoms with Gasteiger partial charge in [-0.1, -0.05) is 6.07 Å². The Kier molecular flexibility index (Phi) is 6.12. The van der Waals surface area contributed by atoms with Gasteiger partial charge in [0, 0.05) is 19.6 Å². The fraction of sp³-hybridized carbons (Fsp3) is 0.304. The quantitative estimate of drug-likeness (QED) is 0.332. The Morgan fingerprint density at radius 2 is 2.03 bits per heavy atom. The zero-order valence-electron chi connectivity index (χ0n) is 18.2. The molecule has 1 aliphatic heterocycles. The number of aliphatic imine (C=N–C) groups is 1. The molecule has 5 rings (SSSR count). The summed E-state index contributed by atoms with van der Waals surface area (Å²) in [6.07, 6.45) is 1.46. The summed E-state index contributed by atoms with van der Waals surface area (Å²) in [5.41, 5.74) is 8.99. The first-order valence-electron chi connectivity index (χ1n) is 10.8. The third-order valence-electron chi connectivity index (χ3n) is 5.55. The number of ether oxygens (including phenoxy) is 1. The number of nitrogens with two attached hydrogens (primary N) is 1. The molecule has 3 heterocycles. The molecular formula is C23H24FN7OS. The number of benzene rings is 2. The van der Waals surface area contributed by atoms with Gasteiger partial charge in [0.15, 0.2) is 10.8 Å². The maximum Gasteiger partial charge on any atom is 0.159 e. The van der Waals surface area contributed by atoms with E-state index in [4.69, 9.17) is 10.5 Å². The van der Waals surface area contributed by atoms with Crippen LogP contribution in [-0.4, -0.2) is 65.1 Å². The molecule has 33 heavy (non-hydrogen) atoms. The van der Waals surface area contributed by atoms with Gasteiger partial charge in [0.2, 0.25) is 0 Å². The van der Waals surface area contributed by atoms with Gasteiger partial charge in [0.1, 0.15) is 18.0 Å². The monoisotopic (exact) mass is 465 g/mol. The van der Waals surface area contributed by atoms with Gasteiger partial charge < -0.3 is 15.8 Å². The lowest BCUT2D eigenvalue weighted by molar-refractivity contribution is 0.0394. The summed E-state index contributed by atoms with van der Waals surface area (Å²) >= 11 is 1.44. The molecule has 170 valence electrons. The van der Waals surface area contributed by atoms with Crippen molar-refractivity contribution in [2.45, 2.75) is 6.92 Å². The Morgan fingerprint density at radius 3 is 2.85 bits per heavy atom. The van der Waals surface area contributed by atoms with Crippen LogP contribution in [0.25, 0.3) is 21.1 Å². The van der Waals surface area contributed by atoms with Crippen LogP contribution in [-0.2, 0) is 4.74 Å². The predicted octanol–water partition coefficient (Wildman–Crippen LogP) is 3.47. The lowest BCUT2D eigenvalue weighted by atomic mass is 10.2. The van der Waals surface area contributed by atoms with Gasteiger partial charge in [-0.25, -0.2) is 19.3 Å². The van der Waals surface area contributed by atoms with E-state index in [2.05, 4.69) is 30.2 Å². The number of rotatable bonds is 6. The van der Waals surface area contributed by atoms with Crippen molar-refractivity contribution in [1.82, 2.24) is 19.9 Å². The second kappa shape index (κ2) is 9.34. The summed E-state index contributed by atoms with van der Waals surface area (Å²) in [4.78, 5) is 20.3. The Balaban J connectivity index is 1.46. The Hall–Kier alpha value is -3.21. The number of anilines is 2. The average molecular weight is 466 g/mol. The van der Waals surface area contributed by atoms with Crippen LogP contribution in [0, 0.1) is 12.7 Å². The van der Waals surface area contributed by atoms with Crippen molar-refractivity contribution in [3.63, 3.8) is 0 Å². The molecule has 1 saturated heterocycles. The van der Waals surface area contributed by atoms with E-state index in [9.17, 15) is 4.39 Å². The summed E-state index contributed by atoms with van der Waals surface area (Å²) < 4.78 is 20.7. The van der Waals surface area contributed by atoms with E-state index in [1.165, 1.54) is 23.7 Å². The van der Waals surface area contributed by atoms with E-state index in [0.29, 0.717) is 28.9 Å². The van der Waals surface area contributed by atoms with E-state index in [1.807, 2.05) is 25.1 Å². The molecule has 1 fully saturated rings. The normalized spacial score (nSPS) is 15.4. The van der Waals surface area contributed by atoms with Crippen molar-refractivity contribution < 1.29 is 9.13 Å². The zero-order chi connectivity index (χ0) is 22.8. The van der Waals surface area contributed by atoms with Crippen molar-refractivity contribution in [3.8, 4) is 0 Å². The fourth-order valence-corrected chi connectivity index (χ4v) is 4.82. The SMILES string of the molecule is Cc1ccc(Nc2ncnc3ccc4nc(C(N)=NCCN5CCOCC5)sc4c23)c(F)c1. The van der Waals surface area contributed by atoms with Crippen LogP contribution in [0.15, 0.2) is 41.7 Å². The first-order valence-corrected chi connectivity index (χ1v) is 11.6. The molecular weight excluding hydrogens is 441 g/mol. The van der Waals surface area contributed by atoms with E-state index in [1.54, 1.807) is 6.07 Å². The van der Waals surface area contributed by atoms with Crippen molar-refractivity contribution in [1.29, 1.82) is 0 Å². The van der Waals surface area contributed by atoms with Crippen LogP contribution in [0.1, 0.15) is 10.6 Å². The second-order valence-corrected chi connectivity index (χ2v) is 8.88. The third kappa shape index (κ3) is 4.63. The highest BCUT2D eigenvalue weighted by Crippen LogP contribution is 2.34. The van der Waals surface area contributed by atoms with Crippen LogP contribution in [0.4, 0.5) is 15.9 Å². The molecule has 8 nitrogen and oxygen atoms in total. The highest BCUT2D eigenvalue weighted by molar-refractivity contribution is 7.21. The van der Waals surface area contributed by atoms with Crippen LogP contribution < -0.4 is 11.1 Å². The van der Waals surface area contributed by atoms with Crippen LogP contribution in [0.2, 0.25) is 0 Å². The van der Waals surface area contributed by atoms with Crippen molar-refractivity contribution in [2.75, 3.05) is 44.7 Å². The minimum Gasteiger partial charge on any atom is -0.381 e. The molecule has 3 N–H and O–H groups in total. The zero-order valence-corrected chi connectivity index (χ0v) is 19.0. The number of aromatic nitrogens is 3. The number of hydrogen-bond donors (Lipinski definition) is 2. The lowest BCUT2D eigenvalue weighted by Gasteiger charge is -2.25. The standard InChI is InChI=1S/C23H24FN7OS/c1-14-2-3-16(15(24)12-14)29-22-19-17(27-13-28-22)4-5-18-20(19)33-23(30-18)21(25)26-6-7-31-8-10-32-11-9-31/h2-5,12-13H,6-11H2,1H3,(H2,25,26)(H,27,28,29). The van der Waals surface area contributed by atoms with Gasteiger partial charge in [-0.15, -0.1) is 11.3 Å². The van der Waals surface area contributed by atoms with E-state index in [0.717, 1.165) is 59.5 Å². The molecule has 1 aliphatic rings. The molecule has 0 atom stereocenters. The highest BCUT2D eigenvalue weighted by atomic mass is 32.1. The number of nitrogens with zero attached hydrogens (tertiary/aromatic N) is 5. The van der Waals surface area contributed by atoms with Crippen molar-refractivity contribution >= 4 is 49.8 Å². The Bertz CT molecular complexity index is 1330. The number of halogens is 1.